The second kappa shape index (κ2) is 7.57. The first kappa shape index (κ1) is 16.6. The van der Waals surface area contributed by atoms with Gasteiger partial charge in [0.1, 0.15) is 5.82 Å². The Balaban J connectivity index is 1.62. The third-order valence-electron chi connectivity index (χ3n) is 4.18. The van der Waals surface area contributed by atoms with Gasteiger partial charge in [0.05, 0.1) is 31.5 Å². The Kier molecular flexibility index (Phi) is 5.48. The smallest absolute Gasteiger partial charge is 0.238 e. The molecule has 2 heterocycles. The SMILES string of the molecule is O=C(CN1CCCC[C@H]1C1OCCO1)Nc1cc(Cl)ccc1F. The Labute approximate surface area is 139 Å². The lowest BCUT2D eigenvalue weighted by molar-refractivity contribution is -0.127. The summed E-state index contributed by atoms with van der Waals surface area (Å²) in [6, 6.07) is 4.16. The minimum Gasteiger partial charge on any atom is -0.349 e. The van der Waals surface area contributed by atoms with Crippen molar-refractivity contribution in [3.63, 3.8) is 0 Å². The molecular formula is C16H20ClFN2O3. The lowest BCUT2D eigenvalue weighted by atomic mass is 10.0. The highest BCUT2D eigenvalue weighted by atomic mass is 35.5. The Bertz CT molecular complexity index is 566. The summed E-state index contributed by atoms with van der Waals surface area (Å²) in [6.45, 7) is 2.17. The summed E-state index contributed by atoms with van der Waals surface area (Å²) in [5.74, 6) is -0.767. The molecule has 23 heavy (non-hydrogen) atoms. The molecule has 0 aromatic heterocycles. The van der Waals surface area contributed by atoms with Crippen LogP contribution in [0.1, 0.15) is 19.3 Å². The number of nitrogens with zero attached hydrogens (tertiary/aromatic N) is 1. The third-order valence-corrected chi connectivity index (χ3v) is 4.41. The molecule has 1 aromatic carbocycles. The number of hydrogen-bond acceptors (Lipinski definition) is 4. The highest BCUT2D eigenvalue weighted by Gasteiger charge is 2.34. The monoisotopic (exact) mass is 342 g/mol. The molecule has 7 heteroatoms. The van der Waals surface area contributed by atoms with Gasteiger partial charge in [-0.25, -0.2) is 4.39 Å². The van der Waals surface area contributed by atoms with Gasteiger partial charge in [-0.15, -0.1) is 0 Å². The molecule has 3 rings (SSSR count). The van der Waals surface area contributed by atoms with Crippen LogP contribution in [0.2, 0.25) is 5.02 Å². The Hall–Kier alpha value is -1.21. The number of carbonyl (C=O) groups is 1. The van der Waals surface area contributed by atoms with Gasteiger partial charge >= 0.3 is 0 Å². The van der Waals surface area contributed by atoms with Crippen molar-refractivity contribution < 1.29 is 18.7 Å². The van der Waals surface area contributed by atoms with Crippen LogP contribution in [0.25, 0.3) is 0 Å². The molecule has 0 spiro atoms. The minimum atomic E-state index is -0.500. The van der Waals surface area contributed by atoms with Crippen LogP contribution < -0.4 is 5.32 Å². The first-order valence-electron chi connectivity index (χ1n) is 7.85. The topological polar surface area (TPSA) is 50.8 Å². The molecule has 2 aliphatic rings. The predicted molar refractivity (Wildman–Crippen MR) is 84.9 cm³/mol. The normalized spacial score (nSPS) is 23.1. The molecule has 0 radical (unpaired) electrons. The number of anilines is 1. The van der Waals surface area contributed by atoms with Crippen LogP contribution in [0.15, 0.2) is 18.2 Å². The van der Waals surface area contributed by atoms with Gasteiger partial charge in [-0.05, 0) is 37.6 Å². The summed E-state index contributed by atoms with van der Waals surface area (Å²) in [7, 11) is 0. The number of carbonyl (C=O) groups excluding carboxylic acids is 1. The highest BCUT2D eigenvalue weighted by Crippen LogP contribution is 2.25. The molecule has 1 amide bonds. The van der Waals surface area contributed by atoms with E-state index in [4.69, 9.17) is 21.1 Å². The number of rotatable bonds is 4. The lowest BCUT2D eigenvalue weighted by Gasteiger charge is -2.37. The van der Waals surface area contributed by atoms with E-state index < -0.39 is 5.82 Å². The van der Waals surface area contributed by atoms with Crippen molar-refractivity contribution in [2.24, 2.45) is 0 Å². The molecule has 0 saturated carbocycles. The molecule has 0 unspecified atom stereocenters. The number of likely N-dealkylation sites (tertiary alicyclic amines) is 1. The molecule has 1 atom stereocenters. The summed E-state index contributed by atoms with van der Waals surface area (Å²) in [6.07, 6.45) is 2.78. The van der Waals surface area contributed by atoms with Gasteiger partial charge in [-0.3, -0.25) is 9.69 Å². The van der Waals surface area contributed by atoms with Crippen molar-refractivity contribution in [2.45, 2.75) is 31.6 Å². The molecular weight excluding hydrogens is 323 g/mol. The Morgan fingerprint density at radius 2 is 2.13 bits per heavy atom. The van der Waals surface area contributed by atoms with Crippen LogP contribution in [-0.2, 0) is 14.3 Å². The zero-order valence-electron chi connectivity index (χ0n) is 12.8. The van der Waals surface area contributed by atoms with E-state index in [1.807, 2.05) is 0 Å². The van der Waals surface area contributed by atoms with Crippen LogP contribution >= 0.6 is 11.6 Å². The van der Waals surface area contributed by atoms with Gasteiger partial charge in [0, 0.05) is 5.02 Å². The maximum Gasteiger partial charge on any atom is 0.238 e. The number of hydrogen-bond donors (Lipinski definition) is 1. The number of nitrogens with one attached hydrogen (secondary N) is 1. The summed E-state index contributed by atoms with van der Waals surface area (Å²) in [4.78, 5) is 14.3. The van der Waals surface area contributed by atoms with Crippen molar-refractivity contribution in [3.8, 4) is 0 Å². The summed E-state index contributed by atoms with van der Waals surface area (Å²) in [5.41, 5.74) is 0.101. The van der Waals surface area contributed by atoms with Crippen LogP contribution in [-0.4, -0.2) is 49.4 Å². The van der Waals surface area contributed by atoms with Crippen LogP contribution in [0.3, 0.4) is 0 Å². The average Bonchev–Trinajstić information content (AvgIpc) is 3.05. The lowest BCUT2D eigenvalue weighted by Crippen LogP contribution is -2.50. The molecule has 0 aliphatic carbocycles. The number of benzene rings is 1. The molecule has 5 nitrogen and oxygen atoms in total. The van der Waals surface area contributed by atoms with E-state index in [0.29, 0.717) is 18.2 Å². The average molecular weight is 343 g/mol. The zero-order valence-corrected chi connectivity index (χ0v) is 13.5. The van der Waals surface area contributed by atoms with Crippen LogP contribution in [0.5, 0.6) is 0 Å². The van der Waals surface area contributed by atoms with Gasteiger partial charge in [-0.2, -0.15) is 0 Å². The van der Waals surface area contributed by atoms with E-state index in [-0.39, 0.29) is 30.5 Å². The summed E-state index contributed by atoms with van der Waals surface area (Å²) >= 11 is 5.84. The number of amides is 1. The maximum atomic E-state index is 13.7. The Morgan fingerprint density at radius 1 is 1.35 bits per heavy atom. The van der Waals surface area contributed by atoms with Crippen molar-refractivity contribution >= 4 is 23.2 Å². The van der Waals surface area contributed by atoms with Gasteiger partial charge < -0.3 is 14.8 Å². The van der Waals surface area contributed by atoms with E-state index in [2.05, 4.69) is 10.2 Å². The third kappa shape index (κ3) is 4.20. The Morgan fingerprint density at radius 3 is 2.91 bits per heavy atom. The quantitative estimate of drug-likeness (QED) is 0.914. The molecule has 2 saturated heterocycles. The highest BCUT2D eigenvalue weighted by molar-refractivity contribution is 6.30. The standard InChI is InChI=1S/C16H20ClFN2O3/c17-11-4-5-12(18)13(9-11)19-15(21)10-20-6-2-1-3-14(20)16-22-7-8-23-16/h4-5,9,14,16H,1-3,6-8,10H2,(H,19,21)/t14-/m0/s1. The first-order valence-corrected chi connectivity index (χ1v) is 8.23. The molecule has 2 fully saturated rings. The van der Waals surface area contributed by atoms with Gasteiger partial charge in [0.15, 0.2) is 6.29 Å². The van der Waals surface area contributed by atoms with Gasteiger partial charge in [0.2, 0.25) is 5.91 Å². The van der Waals surface area contributed by atoms with E-state index >= 15 is 0 Å². The number of ether oxygens (including phenoxy) is 2. The van der Waals surface area contributed by atoms with Crippen molar-refractivity contribution in [3.05, 3.63) is 29.0 Å². The number of halogens is 2. The largest absolute Gasteiger partial charge is 0.349 e. The number of piperidine rings is 1. The summed E-state index contributed by atoms with van der Waals surface area (Å²) < 4.78 is 24.9. The molecule has 126 valence electrons. The van der Waals surface area contributed by atoms with E-state index in [9.17, 15) is 9.18 Å². The van der Waals surface area contributed by atoms with Gasteiger partial charge in [-0.1, -0.05) is 18.0 Å². The van der Waals surface area contributed by atoms with Gasteiger partial charge in [0.25, 0.3) is 0 Å². The fraction of sp³-hybridized carbons (Fsp3) is 0.562. The van der Waals surface area contributed by atoms with Crippen LogP contribution in [0.4, 0.5) is 10.1 Å². The molecule has 1 N–H and O–H groups in total. The first-order chi connectivity index (χ1) is 11.1. The molecule has 0 bridgehead atoms. The van der Waals surface area contributed by atoms with Crippen LogP contribution in [0, 0.1) is 5.82 Å². The van der Waals surface area contributed by atoms with Crippen molar-refractivity contribution in [1.29, 1.82) is 0 Å². The predicted octanol–water partition coefficient (Wildman–Crippen LogP) is 2.65. The van der Waals surface area contributed by atoms with E-state index in [0.717, 1.165) is 25.8 Å². The van der Waals surface area contributed by atoms with Crippen molar-refractivity contribution in [1.82, 2.24) is 4.90 Å². The van der Waals surface area contributed by atoms with E-state index in [1.54, 1.807) is 0 Å². The zero-order chi connectivity index (χ0) is 16.2. The second-order valence-corrected chi connectivity index (χ2v) is 6.25. The molecule has 2 aliphatic heterocycles. The van der Waals surface area contributed by atoms with Crippen molar-refractivity contribution in [2.75, 3.05) is 31.6 Å². The van der Waals surface area contributed by atoms with E-state index in [1.165, 1.54) is 18.2 Å². The second-order valence-electron chi connectivity index (χ2n) is 5.82. The summed E-state index contributed by atoms with van der Waals surface area (Å²) in [5, 5.41) is 2.97. The fourth-order valence-corrected chi connectivity index (χ4v) is 3.26. The molecule has 1 aromatic rings. The minimum absolute atomic E-state index is 0.0706. The fourth-order valence-electron chi connectivity index (χ4n) is 3.09. The maximum absolute atomic E-state index is 13.7.